The summed E-state index contributed by atoms with van der Waals surface area (Å²) in [5.74, 6) is 1.34. The predicted molar refractivity (Wildman–Crippen MR) is 77.5 cm³/mol. The fourth-order valence-corrected chi connectivity index (χ4v) is 3.06. The molecule has 2 rings (SSSR count). The summed E-state index contributed by atoms with van der Waals surface area (Å²) in [7, 11) is -2.10. The standard InChI is InChI=1S/C13H21N3O2S/c1-9(10-3-4-10)8-16-12-6-5-11(14)7-13(12)19(17,18)15-2/h5-7,9-10,15-16H,3-4,8,14H2,1-2H3. The summed E-state index contributed by atoms with van der Waals surface area (Å²) < 4.78 is 26.2. The minimum atomic E-state index is -3.50. The van der Waals surface area contributed by atoms with Gasteiger partial charge in [-0.05, 0) is 49.9 Å². The van der Waals surface area contributed by atoms with Crippen LogP contribution < -0.4 is 15.8 Å². The highest BCUT2D eigenvalue weighted by Crippen LogP contribution is 2.36. The Morgan fingerprint density at radius 1 is 1.42 bits per heavy atom. The lowest BCUT2D eigenvalue weighted by atomic mass is 10.1. The van der Waals surface area contributed by atoms with E-state index in [1.807, 2.05) is 0 Å². The molecule has 1 fully saturated rings. The molecule has 0 aromatic heterocycles. The Bertz CT molecular complexity index is 553. The van der Waals surface area contributed by atoms with Crippen LogP contribution in [0.5, 0.6) is 0 Å². The summed E-state index contributed by atoms with van der Waals surface area (Å²) in [6.45, 7) is 2.97. The molecule has 0 radical (unpaired) electrons. The van der Waals surface area contributed by atoms with E-state index in [4.69, 9.17) is 5.73 Å². The first kappa shape index (κ1) is 14.1. The van der Waals surface area contributed by atoms with Gasteiger partial charge in [-0.2, -0.15) is 0 Å². The maximum Gasteiger partial charge on any atom is 0.242 e. The van der Waals surface area contributed by atoms with Crippen LogP contribution in [0.1, 0.15) is 19.8 Å². The van der Waals surface area contributed by atoms with Gasteiger partial charge >= 0.3 is 0 Å². The highest BCUT2D eigenvalue weighted by atomic mass is 32.2. The zero-order valence-corrected chi connectivity index (χ0v) is 12.1. The average Bonchev–Trinajstić information content (AvgIpc) is 3.21. The Kier molecular flexibility index (Phi) is 4.01. The molecule has 1 atom stereocenters. The van der Waals surface area contributed by atoms with Gasteiger partial charge < -0.3 is 11.1 Å². The summed E-state index contributed by atoms with van der Waals surface area (Å²) in [5.41, 5.74) is 6.72. The lowest BCUT2D eigenvalue weighted by Crippen LogP contribution is -2.21. The molecule has 0 bridgehead atoms. The maximum atomic E-state index is 12.0. The smallest absolute Gasteiger partial charge is 0.242 e. The Labute approximate surface area is 114 Å². The molecule has 1 saturated carbocycles. The van der Waals surface area contributed by atoms with Crippen LogP contribution in [-0.2, 0) is 10.0 Å². The van der Waals surface area contributed by atoms with E-state index >= 15 is 0 Å². The Morgan fingerprint density at radius 3 is 2.68 bits per heavy atom. The molecule has 1 aromatic carbocycles. The third kappa shape index (κ3) is 3.39. The lowest BCUT2D eigenvalue weighted by molar-refractivity contribution is 0.536. The van der Waals surface area contributed by atoms with Gasteiger partial charge in [-0.25, -0.2) is 13.1 Å². The van der Waals surface area contributed by atoms with Crippen molar-refractivity contribution >= 4 is 21.4 Å². The van der Waals surface area contributed by atoms with E-state index < -0.39 is 10.0 Å². The largest absolute Gasteiger partial charge is 0.399 e. The second-order valence-corrected chi connectivity index (χ2v) is 7.01. The predicted octanol–water partition coefficient (Wildman–Crippen LogP) is 1.63. The van der Waals surface area contributed by atoms with E-state index in [1.54, 1.807) is 12.1 Å². The van der Waals surface area contributed by atoms with Crippen molar-refractivity contribution in [2.24, 2.45) is 11.8 Å². The Hall–Kier alpha value is -1.27. The number of nitrogens with one attached hydrogen (secondary N) is 2. The average molecular weight is 283 g/mol. The molecule has 0 spiro atoms. The molecule has 6 heteroatoms. The number of anilines is 2. The van der Waals surface area contributed by atoms with Gasteiger partial charge in [0.2, 0.25) is 10.0 Å². The minimum absolute atomic E-state index is 0.206. The highest BCUT2D eigenvalue weighted by Gasteiger charge is 2.28. The first-order valence-electron chi connectivity index (χ1n) is 6.51. The molecule has 1 aliphatic carbocycles. The summed E-state index contributed by atoms with van der Waals surface area (Å²) >= 11 is 0. The highest BCUT2D eigenvalue weighted by molar-refractivity contribution is 7.89. The second-order valence-electron chi connectivity index (χ2n) is 5.16. The first-order chi connectivity index (χ1) is 8.94. The number of nitrogen functional groups attached to an aromatic ring is 1. The molecule has 19 heavy (non-hydrogen) atoms. The van der Waals surface area contributed by atoms with Crippen LogP contribution in [0.25, 0.3) is 0 Å². The normalized spacial score (nSPS) is 17.2. The van der Waals surface area contributed by atoms with Crippen molar-refractivity contribution in [3.8, 4) is 0 Å². The second kappa shape index (κ2) is 5.38. The van der Waals surface area contributed by atoms with Crippen LogP contribution in [0, 0.1) is 11.8 Å². The van der Waals surface area contributed by atoms with Crippen LogP contribution in [0.2, 0.25) is 0 Å². The first-order valence-corrected chi connectivity index (χ1v) is 7.99. The van der Waals surface area contributed by atoms with Gasteiger partial charge in [-0.3, -0.25) is 0 Å². The third-order valence-electron chi connectivity index (χ3n) is 3.61. The van der Waals surface area contributed by atoms with Crippen molar-refractivity contribution in [2.45, 2.75) is 24.7 Å². The van der Waals surface area contributed by atoms with Crippen LogP contribution in [0.4, 0.5) is 11.4 Å². The molecule has 1 aromatic rings. The van der Waals surface area contributed by atoms with Crippen molar-refractivity contribution in [3.63, 3.8) is 0 Å². The molecule has 4 N–H and O–H groups in total. The number of sulfonamides is 1. The molecule has 1 aliphatic rings. The fourth-order valence-electron chi connectivity index (χ4n) is 2.12. The monoisotopic (exact) mass is 283 g/mol. The summed E-state index contributed by atoms with van der Waals surface area (Å²) in [6.07, 6.45) is 2.57. The number of rotatable bonds is 6. The molecular formula is C13H21N3O2S. The maximum absolute atomic E-state index is 12.0. The van der Waals surface area contributed by atoms with E-state index in [0.717, 1.165) is 12.5 Å². The van der Waals surface area contributed by atoms with Crippen molar-refractivity contribution in [2.75, 3.05) is 24.6 Å². The van der Waals surface area contributed by atoms with E-state index in [2.05, 4.69) is 17.0 Å². The van der Waals surface area contributed by atoms with Crippen LogP contribution >= 0.6 is 0 Å². The molecule has 1 unspecified atom stereocenters. The number of hydrogen-bond acceptors (Lipinski definition) is 4. The number of benzene rings is 1. The van der Waals surface area contributed by atoms with Gasteiger partial charge in [0.1, 0.15) is 4.90 Å². The molecular weight excluding hydrogens is 262 g/mol. The lowest BCUT2D eigenvalue weighted by Gasteiger charge is -2.16. The SMILES string of the molecule is CNS(=O)(=O)c1cc(N)ccc1NCC(C)C1CC1. The molecule has 106 valence electrons. The minimum Gasteiger partial charge on any atom is -0.399 e. The van der Waals surface area contributed by atoms with E-state index in [-0.39, 0.29) is 4.90 Å². The van der Waals surface area contributed by atoms with Crippen LogP contribution in [0.15, 0.2) is 23.1 Å². The summed E-state index contributed by atoms with van der Waals surface area (Å²) in [6, 6.07) is 4.91. The Balaban J connectivity index is 2.19. The topological polar surface area (TPSA) is 84.2 Å². The van der Waals surface area contributed by atoms with E-state index in [1.165, 1.54) is 26.0 Å². The molecule has 0 aliphatic heterocycles. The van der Waals surface area contributed by atoms with Gasteiger partial charge in [0, 0.05) is 12.2 Å². The van der Waals surface area contributed by atoms with Gasteiger partial charge in [-0.15, -0.1) is 0 Å². The van der Waals surface area contributed by atoms with Crippen molar-refractivity contribution in [3.05, 3.63) is 18.2 Å². The van der Waals surface area contributed by atoms with Crippen molar-refractivity contribution in [1.29, 1.82) is 0 Å². The molecule has 0 heterocycles. The van der Waals surface area contributed by atoms with Gasteiger partial charge in [0.05, 0.1) is 5.69 Å². The van der Waals surface area contributed by atoms with Crippen LogP contribution in [0.3, 0.4) is 0 Å². The Morgan fingerprint density at radius 2 is 2.11 bits per heavy atom. The fraction of sp³-hybridized carbons (Fsp3) is 0.538. The quantitative estimate of drug-likeness (QED) is 0.693. The molecule has 0 amide bonds. The summed E-state index contributed by atoms with van der Waals surface area (Å²) in [5, 5.41) is 3.23. The van der Waals surface area contributed by atoms with Crippen molar-refractivity contribution < 1.29 is 8.42 Å². The zero-order chi connectivity index (χ0) is 14.0. The van der Waals surface area contributed by atoms with Crippen molar-refractivity contribution in [1.82, 2.24) is 4.72 Å². The van der Waals surface area contributed by atoms with E-state index in [9.17, 15) is 8.42 Å². The zero-order valence-electron chi connectivity index (χ0n) is 11.3. The van der Waals surface area contributed by atoms with Crippen LogP contribution in [-0.4, -0.2) is 22.0 Å². The third-order valence-corrected chi connectivity index (χ3v) is 5.06. The van der Waals surface area contributed by atoms with Gasteiger partial charge in [-0.1, -0.05) is 6.92 Å². The summed E-state index contributed by atoms with van der Waals surface area (Å²) in [4.78, 5) is 0.206. The van der Waals surface area contributed by atoms with Gasteiger partial charge in [0.15, 0.2) is 0 Å². The molecule has 5 nitrogen and oxygen atoms in total. The van der Waals surface area contributed by atoms with Gasteiger partial charge in [0.25, 0.3) is 0 Å². The van der Waals surface area contributed by atoms with E-state index in [0.29, 0.717) is 17.3 Å². The number of nitrogens with two attached hydrogens (primary N) is 1. The molecule has 0 saturated heterocycles. The number of hydrogen-bond donors (Lipinski definition) is 3.